The average Bonchev–Trinajstić information content (AvgIpc) is 3.28. The third kappa shape index (κ3) is 7.20. The van der Waals surface area contributed by atoms with Gasteiger partial charge in [0.25, 0.3) is 0 Å². The van der Waals surface area contributed by atoms with E-state index in [2.05, 4.69) is 56.9 Å². The second-order valence-corrected chi connectivity index (χ2v) is 7.48. The molecule has 5 nitrogen and oxygen atoms in total. The molecular weight excluding hydrogens is 364 g/mol. The van der Waals surface area contributed by atoms with Crippen molar-refractivity contribution < 1.29 is 14.6 Å². The van der Waals surface area contributed by atoms with Crippen LogP contribution >= 0.6 is 0 Å². The molecule has 0 fully saturated rings. The molecule has 29 heavy (non-hydrogen) atoms. The second kappa shape index (κ2) is 11.2. The molecule has 5 heteroatoms. The molecule has 0 bridgehead atoms. The Morgan fingerprint density at radius 2 is 1.45 bits per heavy atom. The van der Waals surface area contributed by atoms with Crippen LogP contribution in [-0.4, -0.2) is 20.8 Å². The summed E-state index contributed by atoms with van der Waals surface area (Å²) in [7, 11) is 0. The van der Waals surface area contributed by atoms with Gasteiger partial charge < -0.3 is 9.84 Å². The fraction of sp³-hybridized carbons (Fsp3) is 0.333. The molecule has 0 unspecified atom stereocenters. The molecule has 0 saturated heterocycles. The molecule has 3 rings (SSSR count). The first-order chi connectivity index (χ1) is 13.9. The highest BCUT2D eigenvalue weighted by Gasteiger charge is 2.05. The normalized spacial score (nSPS) is 10.6. The zero-order chi connectivity index (χ0) is 21.2. The Kier molecular flexibility index (Phi) is 8.62. The molecule has 0 saturated carbocycles. The summed E-state index contributed by atoms with van der Waals surface area (Å²) in [5, 5.41) is 8.77. The van der Waals surface area contributed by atoms with Gasteiger partial charge in [0.05, 0.1) is 6.61 Å². The third-order valence-corrected chi connectivity index (χ3v) is 4.55. The summed E-state index contributed by atoms with van der Waals surface area (Å²) in [6.07, 6.45) is 4.10. The average molecular weight is 395 g/mol. The van der Waals surface area contributed by atoms with Crippen LogP contribution < -0.4 is 0 Å². The van der Waals surface area contributed by atoms with Gasteiger partial charge in [-0.15, -0.1) is 0 Å². The number of carbonyl (C=O) groups is 1. The maximum atomic E-state index is 11.6. The molecule has 0 aliphatic rings. The molecule has 3 aromatic rings. The van der Waals surface area contributed by atoms with Gasteiger partial charge >= 0.3 is 6.09 Å². The Bertz CT molecular complexity index is 852. The summed E-state index contributed by atoms with van der Waals surface area (Å²) in [6, 6.07) is 16.2. The zero-order valence-electron chi connectivity index (χ0n) is 17.6. The number of aliphatic hydroxyl groups excluding tert-OH is 1. The lowest BCUT2D eigenvalue weighted by Gasteiger charge is -2.07. The van der Waals surface area contributed by atoms with E-state index in [0.717, 1.165) is 11.1 Å². The van der Waals surface area contributed by atoms with Crippen LogP contribution in [0.25, 0.3) is 0 Å². The SMILES string of the molecule is CC(C)c1ccc(CO)cc1.CC(C)c1ccc(COC(=O)n2ccnc2)cc1. The largest absolute Gasteiger partial charge is 0.444 e. The minimum absolute atomic E-state index is 0.137. The smallest absolute Gasteiger partial charge is 0.419 e. The molecule has 0 radical (unpaired) electrons. The van der Waals surface area contributed by atoms with E-state index in [0.29, 0.717) is 11.8 Å². The second-order valence-electron chi connectivity index (χ2n) is 7.48. The molecule has 0 aliphatic carbocycles. The molecule has 2 aromatic carbocycles. The van der Waals surface area contributed by atoms with Crippen LogP contribution in [0.15, 0.2) is 67.3 Å². The predicted octanol–water partition coefficient (Wildman–Crippen LogP) is 5.49. The van der Waals surface area contributed by atoms with Crippen molar-refractivity contribution in [3.8, 4) is 0 Å². The molecular formula is C24H30N2O3. The predicted molar refractivity (Wildman–Crippen MR) is 115 cm³/mol. The van der Waals surface area contributed by atoms with E-state index in [-0.39, 0.29) is 13.2 Å². The summed E-state index contributed by atoms with van der Waals surface area (Å²) >= 11 is 0. The van der Waals surface area contributed by atoms with Gasteiger partial charge in [-0.1, -0.05) is 76.2 Å². The van der Waals surface area contributed by atoms with Crippen molar-refractivity contribution in [2.75, 3.05) is 0 Å². The molecule has 0 spiro atoms. The number of rotatable bonds is 5. The van der Waals surface area contributed by atoms with Crippen molar-refractivity contribution in [3.63, 3.8) is 0 Å². The highest BCUT2D eigenvalue weighted by molar-refractivity contribution is 5.69. The molecule has 1 aromatic heterocycles. The topological polar surface area (TPSA) is 64.3 Å². The maximum Gasteiger partial charge on any atom is 0.419 e. The summed E-state index contributed by atoms with van der Waals surface area (Å²) < 4.78 is 6.46. The quantitative estimate of drug-likeness (QED) is 0.621. The molecule has 1 heterocycles. The highest BCUT2D eigenvalue weighted by Crippen LogP contribution is 2.15. The van der Waals surface area contributed by atoms with E-state index in [4.69, 9.17) is 9.84 Å². The lowest BCUT2D eigenvalue weighted by molar-refractivity contribution is 0.141. The third-order valence-electron chi connectivity index (χ3n) is 4.55. The summed E-state index contributed by atoms with van der Waals surface area (Å²) in [5.74, 6) is 1.08. The molecule has 0 amide bonds. The zero-order valence-corrected chi connectivity index (χ0v) is 17.6. The number of aliphatic hydroxyl groups is 1. The van der Waals surface area contributed by atoms with Gasteiger partial charge in [-0.2, -0.15) is 0 Å². The summed E-state index contributed by atoms with van der Waals surface area (Å²) in [4.78, 5) is 15.3. The number of hydrogen-bond acceptors (Lipinski definition) is 4. The van der Waals surface area contributed by atoms with Crippen molar-refractivity contribution in [3.05, 3.63) is 89.5 Å². The first kappa shape index (κ1) is 22.4. The van der Waals surface area contributed by atoms with Crippen LogP contribution in [-0.2, 0) is 18.0 Å². The Labute approximate surface area is 173 Å². The van der Waals surface area contributed by atoms with E-state index in [9.17, 15) is 4.79 Å². The van der Waals surface area contributed by atoms with E-state index in [1.165, 1.54) is 22.0 Å². The van der Waals surface area contributed by atoms with Crippen LogP contribution in [0, 0.1) is 0 Å². The van der Waals surface area contributed by atoms with Crippen molar-refractivity contribution in [1.29, 1.82) is 0 Å². The number of carbonyl (C=O) groups excluding carboxylic acids is 1. The number of aromatic nitrogens is 2. The lowest BCUT2D eigenvalue weighted by atomic mass is 10.0. The van der Waals surface area contributed by atoms with E-state index >= 15 is 0 Å². The minimum atomic E-state index is -0.416. The van der Waals surface area contributed by atoms with Gasteiger partial charge in [0.2, 0.25) is 0 Å². The Hall–Kier alpha value is -2.92. The number of nitrogens with zero attached hydrogens (tertiary/aromatic N) is 2. The standard InChI is InChI=1S/C14H16N2O2.C10H14O/c1-11(2)13-5-3-12(4-6-13)9-18-14(17)16-8-7-15-10-16;1-8(2)10-5-3-9(7-11)4-6-10/h3-8,10-11H,9H2,1-2H3;3-6,8,11H,7H2,1-2H3. The monoisotopic (exact) mass is 394 g/mol. The van der Waals surface area contributed by atoms with E-state index in [1.807, 2.05) is 24.3 Å². The minimum Gasteiger partial charge on any atom is -0.444 e. The first-order valence-corrected chi connectivity index (χ1v) is 9.84. The van der Waals surface area contributed by atoms with Crippen LogP contribution in [0.4, 0.5) is 4.79 Å². The van der Waals surface area contributed by atoms with Gasteiger partial charge in [0.1, 0.15) is 12.9 Å². The van der Waals surface area contributed by atoms with Gasteiger partial charge in [-0.05, 0) is 34.1 Å². The Balaban J connectivity index is 0.000000234. The van der Waals surface area contributed by atoms with E-state index < -0.39 is 6.09 Å². The first-order valence-electron chi connectivity index (χ1n) is 9.84. The summed E-state index contributed by atoms with van der Waals surface area (Å²) in [5.41, 5.74) is 4.56. The van der Waals surface area contributed by atoms with Crippen molar-refractivity contribution >= 4 is 6.09 Å². The van der Waals surface area contributed by atoms with Crippen molar-refractivity contribution in [2.45, 2.75) is 52.7 Å². The Morgan fingerprint density at radius 1 is 0.931 bits per heavy atom. The van der Waals surface area contributed by atoms with Gasteiger partial charge in [0, 0.05) is 12.4 Å². The van der Waals surface area contributed by atoms with Gasteiger partial charge in [0.15, 0.2) is 0 Å². The van der Waals surface area contributed by atoms with Crippen molar-refractivity contribution in [1.82, 2.24) is 9.55 Å². The lowest BCUT2D eigenvalue weighted by Crippen LogP contribution is -2.11. The van der Waals surface area contributed by atoms with Crippen LogP contribution in [0.2, 0.25) is 0 Å². The summed E-state index contributed by atoms with van der Waals surface area (Å²) in [6.45, 7) is 9.03. The van der Waals surface area contributed by atoms with Crippen LogP contribution in [0.3, 0.4) is 0 Å². The molecule has 0 atom stereocenters. The van der Waals surface area contributed by atoms with E-state index in [1.54, 1.807) is 12.4 Å². The maximum absolute atomic E-state index is 11.6. The fourth-order valence-corrected chi connectivity index (χ4v) is 2.59. The van der Waals surface area contributed by atoms with Gasteiger partial charge in [-0.25, -0.2) is 14.3 Å². The van der Waals surface area contributed by atoms with Crippen LogP contribution in [0.1, 0.15) is 61.8 Å². The molecule has 154 valence electrons. The molecule has 0 aliphatic heterocycles. The number of imidazole rings is 1. The van der Waals surface area contributed by atoms with Crippen LogP contribution in [0.5, 0.6) is 0 Å². The molecule has 1 N–H and O–H groups in total. The van der Waals surface area contributed by atoms with Gasteiger partial charge in [-0.3, -0.25) is 0 Å². The fourth-order valence-electron chi connectivity index (χ4n) is 2.59. The number of ether oxygens (including phenoxy) is 1. The van der Waals surface area contributed by atoms with Crippen molar-refractivity contribution in [2.24, 2.45) is 0 Å². The highest BCUT2D eigenvalue weighted by atomic mass is 16.5. The number of benzene rings is 2. The Morgan fingerprint density at radius 3 is 1.86 bits per heavy atom. The number of hydrogen-bond donors (Lipinski definition) is 1.